The van der Waals surface area contributed by atoms with Gasteiger partial charge in [0, 0.05) is 16.6 Å². The Labute approximate surface area is 178 Å². The number of halogens is 1. The summed E-state index contributed by atoms with van der Waals surface area (Å²) in [5.41, 5.74) is -0.371. The smallest absolute Gasteiger partial charge is 0.326 e. The molecule has 29 heavy (non-hydrogen) atoms. The second-order valence-electron chi connectivity index (χ2n) is 7.01. The summed E-state index contributed by atoms with van der Waals surface area (Å²) in [5, 5.41) is 2.82. The lowest BCUT2D eigenvalue weighted by Gasteiger charge is -2.25. The van der Waals surface area contributed by atoms with Crippen LogP contribution in [0.1, 0.15) is 12.5 Å². The van der Waals surface area contributed by atoms with Gasteiger partial charge in [-0.15, -0.1) is 0 Å². The Morgan fingerprint density at radius 3 is 2.41 bits per heavy atom. The second kappa shape index (κ2) is 8.84. The molecule has 1 saturated heterocycles. The van der Waals surface area contributed by atoms with E-state index < -0.39 is 11.6 Å². The van der Waals surface area contributed by atoms with Gasteiger partial charge in [0.05, 0.1) is 13.8 Å². The predicted molar refractivity (Wildman–Crippen MR) is 113 cm³/mol. The monoisotopic (exact) mass is 461 g/mol. The summed E-state index contributed by atoms with van der Waals surface area (Å²) in [5.74, 6) is 1.22. The molecule has 1 unspecified atom stereocenters. The standard InChI is InChI=1S/C21H24BrN3O4/c1-21(17-6-4-5-7-18(17)22)19(26)25(20(27)23-21)14-24(2)12-13-29-16-10-8-15(28-3)9-11-16/h4-11H,12-14H2,1-3H3,(H,23,27). The van der Waals surface area contributed by atoms with Crippen molar-refractivity contribution in [3.63, 3.8) is 0 Å². The van der Waals surface area contributed by atoms with Crippen molar-refractivity contribution in [2.45, 2.75) is 12.5 Å². The van der Waals surface area contributed by atoms with Crippen molar-refractivity contribution < 1.29 is 19.1 Å². The van der Waals surface area contributed by atoms with Crippen LogP contribution in [0.3, 0.4) is 0 Å². The Bertz CT molecular complexity index is 890. The summed E-state index contributed by atoms with van der Waals surface area (Å²) in [6.45, 7) is 2.87. The van der Waals surface area contributed by atoms with E-state index in [1.165, 1.54) is 4.90 Å². The topological polar surface area (TPSA) is 71.1 Å². The molecule has 0 aliphatic carbocycles. The molecular weight excluding hydrogens is 438 g/mol. The van der Waals surface area contributed by atoms with Crippen LogP contribution in [0.2, 0.25) is 0 Å². The Morgan fingerprint density at radius 1 is 1.10 bits per heavy atom. The van der Waals surface area contributed by atoms with Gasteiger partial charge in [0.15, 0.2) is 0 Å². The number of methoxy groups -OCH3 is 1. The van der Waals surface area contributed by atoms with Crippen LogP contribution in [0, 0.1) is 0 Å². The molecule has 8 heteroatoms. The number of nitrogens with zero attached hydrogens (tertiary/aromatic N) is 2. The zero-order chi connectivity index (χ0) is 21.0. The number of hydrogen-bond acceptors (Lipinski definition) is 5. The van der Waals surface area contributed by atoms with Crippen molar-refractivity contribution in [3.05, 3.63) is 58.6 Å². The van der Waals surface area contributed by atoms with Crippen LogP contribution < -0.4 is 14.8 Å². The molecule has 1 aliphatic rings. The molecule has 7 nitrogen and oxygen atoms in total. The lowest BCUT2D eigenvalue weighted by Crippen LogP contribution is -2.43. The van der Waals surface area contributed by atoms with Crippen LogP contribution in [0.5, 0.6) is 11.5 Å². The molecule has 3 rings (SSSR count). The van der Waals surface area contributed by atoms with E-state index in [9.17, 15) is 9.59 Å². The second-order valence-corrected chi connectivity index (χ2v) is 7.87. The molecule has 3 amide bonds. The number of imide groups is 1. The maximum absolute atomic E-state index is 13.0. The lowest BCUT2D eigenvalue weighted by molar-refractivity contribution is -0.132. The molecule has 1 atom stereocenters. The van der Waals surface area contributed by atoms with Crippen LogP contribution in [-0.2, 0) is 10.3 Å². The van der Waals surface area contributed by atoms with E-state index in [-0.39, 0.29) is 12.6 Å². The third-order valence-corrected chi connectivity index (χ3v) is 5.56. The van der Waals surface area contributed by atoms with E-state index in [1.54, 1.807) is 14.0 Å². The molecule has 1 fully saturated rings. The number of ether oxygens (including phenoxy) is 2. The van der Waals surface area contributed by atoms with E-state index in [0.717, 1.165) is 21.5 Å². The van der Waals surface area contributed by atoms with E-state index in [4.69, 9.17) is 9.47 Å². The number of rotatable bonds is 8. The van der Waals surface area contributed by atoms with Crippen LogP contribution in [-0.4, -0.2) is 55.7 Å². The fourth-order valence-electron chi connectivity index (χ4n) is 3.18. The number of carbonyl (C=O) groups excluding carboxylic acids is 2. The fraction of sp³-hybridized carbons (Fsp3) is 0.333. The number of urea groups is 1. The highest BCUT2D eigenvalue weighted by atomic mass is 79.9. The largest absolute Gasteiger partial charge is 0.497 e. The summed E-state index contributed by atoms with van der Waals surface area (Å²) in [4.78, 5) is 28.6. The SMILES string of the molecule is COc1ccc(OCCN(C)CN2C(=O)NC(C)(c3ccccc3Br)C2=O)cc1. The van der Waals surface area contributed by atoms with Gasteiger partial charge in [0.1, 0.15) is 23.6 Å². The summed E-state index contributed by atoms with van der Waals surface area (Å²) < 4.78 is 11.6. The van der Waals surface area contributed by atoms with Crippen LogP contribution >= 0.6 is 15.9 Å². The molecule has 1 N–H and O–H groups in total. The van der Waals surface area contributed by atoms with Crippen molar-refractivity contribution in [2.75, 3.05) is 34.0 Å². The third kappa shape index (κ3) is 4.54. The van der Waals surface area contributed by atoms with E-state index in [0.29, 0.717) is 13.2 Å². The van der Waals surface area contributed by atoms with Gasteiger partial charge in [-0.05, 0) is 44.3 Å². The van der Waals surface area contributed by atoms with E-state index in [2.05, 4.69) is 21.2 Å². The fourth-order valence-corrected chi connectivity index (χ4v) is 3.86. The Kier molecular flexibility index (Phi) is 6.44. The van der Waals surface area contributed by atoms with Gasteiger partial charge in [-0.2, -0.15) is 0 Å². The van der Waals surface area contributed by atoms with Crippen LogP contribution in [0.15, 0.2) is 53.0 Å². The summed E-state index contributed by atoms with van der Waals surface area (Å²) in [7, 11) is 3.45. The van der Waals surface area contributed by atoms with Gasteiger partial charge in [-0.25, -0.2) is 9.69 Å². The minimum absolute atomic E-state index is 0.177. The molecule has 154 valence electrons. The highest BCUT2D eigenvalue weighted by Crippen LogP contribution is 2.33. The first-order chi connectivity index (χ1) is 13.8. The highest BCUT2D eigenvalue weighted by molar-refractivity contribution is 9.10. The third-order valence-electron chi connectivity index (χ3n) is 4.87. The van der Waals surface area contributed by atoms with Gasteiger partial charge in [-0.3, -0.25) is 9.69 Å². The molecular formula is C21H24BrN3O4. The lowest BCUT2D eigenvalue weighted by atomic mass is 9.92. The number of amides is 3. The number of hydrogen-bond donors (Lipinski definition) is 1. The molecule has 2 aromatic carbocycles. The van der Waals surface area contributed by atoms with Crippen molar-refractivity contribution in [1.29, 1.82) is 0 Å². The quantitative estimate of drug-likeness (QED) is 0.611. The molecule has 0 aromatic heterocycles. The molecule has 1 aliphatic heterocycles. The van der Waals surface area contributed by atoms with Crippen molar-refractivity contribution in [1.82, 2.24) is 15.1 Å². The number of carbonyl (C=O) groups is 2. The van der Waals surface area contributed by atoms with Gasteiger partial charge in [0.25, 0.3) is 5.91 Å². The molecule has 0 saturated carbocycles. The maximum atomic E-state index is 13.0. The summed E-state index contributed by atoms with van der Waals surface area (Å²) in [6.07, 6.45) is 0. The zero-order valence-corrected chi connectivity index (χ0v) is 18.2. The van der Waals surface area contributed by atoms with Crippen LogP contribution in [0.25, 0.3) is 0 Å². The van der Waals surface area contributed by atoms with Gasteiger partial charge in [0.2, 0.25) is 0 Å². The Morgan fingerprint density at radius 2 is 1.76 bits per heavy atom. The average Bonchev–Trinajstić information content (AvgIpc) is 2.92. The summed E-state index contributed by atoms with van der Waals surface area (Å²) >= 11 is 3.47. The molecule has 0 radical (unpaired) electrons. The first kappa shape index (κ1) is 21.1. The zero-order valence-electron chi connectivity index (χ0n) is 16.6. The molecule has 2 aromatic rings. The minimum atomic E-state index is -1.10. The van der Waals surface area contributed by atoms with Gasteiger partial charge >= 0.3 is 6.03 Å². The Balaban J connectivity index is 1.57. The van der Waals surface area contributed by atoms with Crippen LogP contribution in [0.4, 0.5) is 4.79 Å². The Hall–Kier alpha value is -2.58. The van der Waals surface area contributed by atoms with Gasteiger partial charge < -0.3 is 14.8 Å². The first-order valence-electron chi connectivity index (χ1n) is 9.19. The van der Waals surface area contributed by atoms with E-state index >= 15 is 0 Å². The molecule has 0 spiro atoms. The summed E-state index contributed by atoms with van der Waals surface area (Å²) in [6, 6.07) is 14.3. The first-order valence-corrected chi connectivity index (χ1v) is 9.99. The van der Waals surface area contributed by atoms with Crippen molar-refractivity contribution in [3.8, 4) is 11.5 Å². The maximum Gasteiger partial charge on any atom is 0.326 e. The number of benzene rings is 2. The number of likely N-dealkylation sites (N-methyl/N-ethyl adjacent to an activating group) is 1. The van der Waals surface area contributed by atoms with Gasteiger partial charge in [-0.1, -0.05) is 34.1 Å². The highest BCUT2D eigenvalue weighted by Gasteiger charge is 2.49. The number of nitrogens with one attached hydrogen (secondary N) is 1. The predicted octanol–water partition coefficient (Wildman–Crippen LogP) is 3.19. The van der Waals surface area contributed by atoms with Crippen molar-refractivity contribution in [2.24, 2.45) is 0 Å². The van der Waals surface area contributed by atoms with Crippen molar-refractivity contribution >= 4 is 27.9 Å². The average molecular weight is 462 g/mol. The molecule has 1 heterocycles. The minimum Gasteiger partial charge on any atom is -0.497 e. The van der Waals surface area contributed by atoms with E-state index in [1.807, 2.05) is 60.5 Å². The normalized spacial score (nSPS) is 18.9. The molecule has 0 bridgehead atoms.